The summed E-state index contributed by atoms with van der Waals surface area (Å²) in [5.74, 6) is -0.383. The van der Waals surface area contributed by atoms with Crippen molar-refractivity contribution in [1.82, 2.24) is 13.9 Å². The first-order valence-electron chi connectivity index (χ1n) is 8.28. The zero-order valence-electron chi connectivity index (χ0n) is 14.7. The van der Waals surface area contributed by atoms with Crippen molar-refractivity contribution in [1.29, 1.82) is 0 Å². The SMILES string of the molecule is Cc1ccc(S(=O)(=O)n2ccn(CC(=O)NCc3ccccc3)c2=O)cc1. The highest BCUT2D eigenvalue weighted by atomic mass is 32.2. The number of aryl methyl sites for hydroxylation is 1. The fourth-order valence-electron chi connectivity index (χ4n) is 2.53. The lowest BCUT2D eigenvalue weighted by molar-refractivity contribution is -0.121. The van der Waals surface area contributed by atoms with E-state index >= 15 is 0 Å². The Morgan fingerprint density at radius 3 is 2.33 bits per heavy atom. The third kappa shape index (κ3) is 4.17. The van der Waals surface area contributed by atoms with Crippen LogP contribution in [-0.4, -0.2) is 22.9 Å². The van der Waals surface area contributed by atoms with Crippen LogP contribution in [0.1, 0.15) is 11.1 Å². The molecule has 3 aromatic rings. The van der Waals surface area contributed by atoms with Gasteiger partial charge in [-0.05, 0) is 24.6 Å². The molecule has 1 heterocycles. The van der Waals surface area contributed by atoms with Crippen LogP contribution in [0.4, 0.5) is 0 Å². The normalized spacial score (nSPS) is 11.3. The summed E-state index contributed by atoms with van der Waals surface area (Å²) in [7, 11) is -4.01. The van der Waals surface area contributed by atoms with E-state index in [1.165, 1.54) is 18.3 Å². The van der Waals surface area contributed by atoms with Crippen molar-refractivity contribution in [2.24, 2.45) is 0 Å². The summed E-state index contributed by atoms with van der Waals surface area (Å²) in [6.07, 6.45) is 2.44. The van der Waals surface area contributed by atoms with Crippen LogP contribution in [-0.2, 0) is 27.9 Å². The molecule has 0 radical (unpaired) electrons. The number of aromatic nitrogens is 2. The number of benzene rings is 2. The topological polar surface area (TPSA) is 90.2 Å². The summed E-state index contributed by atoms with van der Waals surface area (Å²) in [4.78, 5) is 24.5. The molecule has 0 aliphatic heterocycles. The molecule has 0 atom stereocenters. The average molecular weight is 385 g/mol. The van der Waals surface area contributed by atoms with E-state index < -0.39 is 15.7 Å². The number of nitrogens with one attached hydrogen (secondary N) is 1. The fourth-order valence-corrected chi connectivity index (χ4v) is 3.76. The summed E-state index contributed by atoms with van der Waals surface area (Å²) in [6, 6.07) is 15.6. The van der Waals surface area contributed by atoms with Crippen molar-refractivity contribution in [2.45, 2.75) is 24.9 Å². The van der Waals surface area contributed by atoms with Gasteiger partial charge in [0.1, 0.15) is 6.54 Å². The molecule has 3 rings (SSSR count). The van der Waals surface area contributed by atoms with Gasteiger partial charge in [-0.15, -0.1) is 0 Å². The standard InChI is InChI=1S/C19H19N3O4S/c1-15-7-9-17(10-8-15)27(25,26)22-12-11-21(19(22)24)14-18(23)20-13-16-5-3-2-4-6-16/h2-12H,13-14H2,1H3,(H,20,23). The zero-order chi connectivity index (χ0) is 19.4. The van der Waals surface area contributed by atoms with Crippen LogP contribution in [0.25, 0.3) is 0 Å². The molecule has 8 heteroatoms. The molecule has 1 amide bonds. The molecule has 0 aliphatic carbocycles. The second kappa shape index (κ2) is 7.63. The molecule has 0 saturated carbocycles. The third-order valence-electron chi connectivity index (χ3n) is 4.04. The first kappa shape index (κ1) is 18.7. The lowest BCUT2D eigenvalue weighted by Crippen LogP contribution is -2.34. The molecule has 0 bridgehead atoms. The highest BCUT2D eigenvalue weighted by Crippen LogP contribution is 2.12. The van der Waals surface area contributed by atoms with Crippen LogP contribution in [0.5, 0.6) is 0 Å². The first-order valence-corrected chi connectivity index (χ1v) is 9.72. The number of carbonyl (C=O) groups is 1. The minimum atomic E-state index is -4.01. The Hall–Kier alpha value is -3.13. The van der Waals surface area contributed by atoms with E-state index in [9.17, 15) is 18.0 Å². The predicted octanol–water partition coefficient (Wildman–Crippen LogP) is 1.51. The smallest absolute Gasteiger partial charge is 0.342 e. The Kier molecular flexibility index (Phi) is 5.27. The Balaban J connectivity index is 1.74. The van der Waals surface area contributed by atoms with E-state index in [-0.39, 0.29) is 17.3 Å². The average Bonchev–Trinajstić information content (AvgIpc) is 3.02. The molecule has 0 fully saturated rings. The van der Waals surface area contributed by atoms with E-state index in [1.807, 2.05) is 37.3 Å². The van der Waals surface area contributed by atoms with Crippen molar-refractivity contribution in [2.75, 3.05) is 0 Å². The van der Waals surface area contributed by atoms with Crippen LogP contribution < -0.4 is 11.0 Å². The van der Waals surface area contributed by atoms with Gasteiger partial charge in [0, 0.05) is 18.9 Å². The van der Waals surface area contributed by atoms with Gasteiger partial charge in [0.2, 0.25) is 5.91 Å². The van der Waals surface area contributed by atoms with Gasteiger partial charge in [-0.2, -0.15) is 3.97 Å². The lowest BCUT2D eigenvalue weighted by Gasteiger charge is -2.06. The van der Waals surface area contributed by atoms with E-state index in [1.54, 1.807) is 12.1 Å². The molecule has 1 aromatic heterocycles. The summed E-state index contributed by atoms with van der Waals surface area (Å²) < 4.78 is 27.0. The Morgan fingerprint density at radius 2 is 1.67 bits per heavy atom. The largest absolute Gasteiger partial charge is 0.350 e. The van der Waals surface area contributed by atoms with E-state index in [2.05, 4.69) is 5.32 Å². The molecule has 1 N–H and O–H groups in total. The molecular weight excluding hydrogens is 366 g/mol. The van der Waals surface area contributed by atoms with E-state index in [0.29, 0.717) is 10.5 Å². The lowest BCUT2D eigenvalue weighted by atomic mass is 10.2. The van der Waals surface area contributed by atoms with Gasteiger partial charge in [0.15, 0.2) is 0 Å². The summed E-state index contributed by atoms with van der Waals surface area (Å²) in [6.45, 7) is 1.91. The quantitative estimate of drug-likeness (QED) is 0.696. The van der Waals surface area contributed by atoms with Crippen molar-refractivity contribution in [3.8, 4) is 0 Å². The second-order valence-electron chi connectivity index (χ2n) is 6.08. The van der Waals surface area contributed by atoms with Crippen LogP contribution in [0.2, 0.25) is 0 Å². The summed E-state index contributed by atoms with van der Waals surface area (Å²) >= 11 is 0. The maximum Gasteiger partial charge on any atom is 0.342 e. The molecule has 140 valence electrons. The number of carbonyl (C=O) groups excluding carboxylic acids is 1. The maximum absolute atomic E-state index is 12.6. The second-order valence-corrected chi connectivity index (χ2v) is 7.90. The molecule has 0 aliphatic rings. The molecule has 27 heavy (non-hydrogen) atoms. The number of amides is 1. The minimum absolute atomic E-state index is 0.0153. The highest BCUT2D eigenvalue weighted by molar-refractivity contribution is 7.90. The molecule has 0 saturated heterocycles. The van der Waals surface area contributed by atoms with E-state index in [4.69, 9.17) is 0 Å². The van der Waals surface area contributed by atoms with Gasteiger partial charge in [-0.1, -0.05) is 48.0 Å². The van der Waals surface area contributed by atoms with Gasteiger partial charge >= 0.3 is 5.69 Å². The third-order valence-corrected chi connectivity index (χ3v) is 5.70. The monoisotopic (exact) mass is 385 g/mol. The van der Waals surface area contributed by atoms with E-state index in [0.717, 1.165) is 21.9 Å². The number of rotatable bonds is 6. The number of imidazole rings is 1. The predicted molar refractivity (Wildman–Crippen MR) is 101 cm³/mol. The number of hydrogen-bond donors (Lipinski definition) is 1. The molecular formula is C19H19N3O4S. The molecule has 0 spiro atoms. The highest BCUT2D eigenvalue weighted by Gasteiger charge is 2.20. The Bertz CT molecular complexity index is 1100. The fraction of sp³-hybridized carbons (Fsp3) is 0.158. The van der Waals surface area contributed by atoms with Gasteiger partial charge in [0.05, 0.1) is 4.90 Å². The van der Waals surface area contributed by atoms with Crippen LogP contribution in [0.3, 0.4) is 0 Å². The summed E-state index contributed by atoms with van der Waals surface area (Å²) in [5.41, 5.74) is 1.05. The maximum atomic E-state index is 12.6. The molecule has 0 unspecified atom stereocenters. The van der Waals surface area contributed by atoms with Crippen molar-refractivity contribution in [3.05, 3.63) is 88.6 Å². The Morgan fingerprint density at radius 1 is 1.00 bits per heavy atom. The minimum Gasteiger partial charge on any atom is -0.350 e. The van der Waals surface area contributed by atoms with Crippen molar-refractivity contribution >= 4 is 15.9 Å². The number of nitrogens with zero attached hydrogens (tertiary/aromatic N) is 2. The van der Waals surface area contributed by atoms with Crippen LogP contribution in [0.15, 0.2) is 76.7 Å². The zero-order valence-corrected chi connectivity index (χ0v) is 15.5. The van der Waals surface area contributed by atoms with Gasteiger partial charge in [-0.3, -0.25) is 9.36 Å². The number of hydrogen-bond acceptors (Lipinski definition) is 4. The first-order chi connectivity index (χ1) is 12.9. The Labute approximate surface area is 156 Å². The van der Waals surface area contributed by atoms with Crippen molar-refractivity contribution in [3.63, 3.8) is 0 Å². The molecule has 7 nitrogen and oxygen atoms in total. The summed E-state index contributed by atoms with van der Waals surface area (Å²) in [5, 5.41) is 2.70. The van der Waals surface area contributed by atoms with Crippen LogP contribution >= 0.6 is 0 Å². The van der Waals surface area contributed by atoms with Crippen molar-refractivity contribution < 1.29 is 13.2 Å². The van der Waals surface area contributed by atoms with Gasteiger partial charge in [-0.25, -0.2) is 13.2 Å². The van der Waals surface area contributed by atoms with Gasteiger partial charge < -0.3 is 5.32 Å². The molecule has 2 aromatic carbocycles. The van der Waals surface area contributed by atoms with Gasteiger partial charge in [0.25, 0.3) is 10.0 Å². The van der Waals surface area contributed by atoms with Crippen LogP contribution in [0, 0.1) is 6.92 Å².